The van der Waals surface area contributed by atoms with Gasteiger partial charge in [0.1, 0.15) is 0 Å². The first kappa shape index (κ1) is 24.7. The van der Waals surface area contributed by atoms with Gasteiger partial charge in [-0.2, -0.15) is 13.2 Å². The highest BCUT2D eigenvalue weighted by Gasteiger charge is 2.32. The zero-order chi connectivity index (χ0) is 22.4. The van der Waals surface area contributed by atoms with E-state index < -0.39 is 21.8 Å². The lowest BCUT2D eigenvalue weighted by molar-refractivity contribution is -0.137. The highest BCUT2D eigenvalue weighted by Crippen LogP contribution is 2.39. The molecule has 0 unspecified atom stereocenters. The highest BCUT2D eigenvalue weighted by atomic mass is 35.5. The molecule has 0 saturated carbocycles. The average Bonchev–Trinajstić information content (AvgIpc) is 2.63. The molecule has 0 amide bonds. The third kappa shape index (κ3) is 7.60. The van der Waals surface area contributed by atoms with Crippen molar-refractivity contribution in [1.29, 1.82) is 0 Å². The third-order valence-electron chi connectivity index (χ3n) is 3.73. The molecule has 2 rings (SSSR count). The molecule has 0 fully saturated rings. The van der Waals surface area contributed by atoms with Crippen LogP contribution in [0.25, 0.3) is 0 Å². The van der Waals surface area contributed by atoms with E-state index in [0.29, 0.717) is 11.3 Å². The molecular weight excluding hydrogens is 468 g/mol. The van der Waals surface area contributed by atoms with Crippen LogP contribution < -0.4 is 10.0 Å². The van der Waals surface area contributed by atoms with Gasteiger partial charge in [0.15, 0.2) is 0 Å². The summed E-state index contributed by atoms with van der Waals surface area (Å²) in [5.41, 5.74) is -0.0668. The molecule has 0 spiro atoms. The molecule has 3 N–H and O–H groups in total. The van der Waals surface area contributed by atoms with E-state index in [1.54, 1.807) is 18.2 Å². The largest absolute Gasteiger partial charge is 0.416 e. The van der Waals surface area contributed by atoms with E-state index in [0.717, 1.165) is 12.1 Å². The van der Waals surface area contributed by atoms with Gasteiger partial charge in [0.2, 0.25) is 10.0 Å². The fourth-order valence-corrected chi connectivity index (χ4v) is 4.14. The van der Waals surface area contributed by atoms with Crippen LogP contribution in [0.3, 0.4) is 0 Å². The summed E-state index contributed by atoms with van der Waals surface area (Å²) < 4.78 is 70.2. The van der Waals surface area contributed by atoms with Crippen molar-refractivity contribution < 1.29 is 31.4 Å². The normalized spacial score (nSPS) is 12.2. The molecule has 166 valence electrons. The van der Waals surface area contributed by atoms with Crippen molar-refractivity contribution in [3.63, 3.8) is 0 Å². The molecule has 0 aliphatic rings. The van der Waals surface area contributed by atoms with Gasteiger partial charge in [0.05, 0.1) is 46.9 Å². The summed E-state index contributed by atoms with van der Waals surface area (Å²) in [6.07, 6.45) is -4.59. The van der Waals surface area contributed by atoms with E-state index in [-0.39, 0.29) is 47.9 Å². The van der Waals surface area contributed by atoms with Gasteiger partial charge in [-0.3, -0.25) is 0 Å². The van der Waals surface area contributed by atoms with Gasteiger partial charge < -0.3 is 15.2 Å². The summed E-state index contributed by atoms with van der Waals surface area (Å²) in [4.78, 5) is 0. The fraction of sp³-hybridized carbons (Fsp3) is 0.333. The van der Waals surface area contributed by atoms with E-state index in [2.05, 4.69) is 10.0 Å². The number of ether oxygens (including phenoxy) is 1. The molecule has 0 aliphatic carbocycles. The van der Waals surface area contributed by atoms with E-state index in [1.165, 1.54) is 6.07 Å². The number of aliphatic hydroxyl groups excluding tert-OH is 1. The topological polar surface area (TPSA) is 87.7 Å². The van der Waals surface area contributed by atoms with Gasteiger partial charge in [-0.15, -0.1) is 0 Å². The Morgan fingerprint density at radius 2 is 1.73 bits per heavy atom. The lowest BCUT2D eigenvalue weighted by Crippen LogP contribution is -2.28. The minimum absolute atomic E-state index is 0.0526. The molecule has 0 atom stereocenters. The second kappa shape index (κ2) is 10.7. The summed E-state index contributed by atoms with van der Waals surface area (Å²) in [6, 6.07) is 7.80. The molecule has 0 aromatic heterocycles. The minimum atomic E-state index is -4.59. The SMILES string of the molecule is O=S(=O)(Cc1cccc(Nc2c(Cl)cc(C(F)(F)F)cc2Cl)c1)NCCOCCO. The molecule has 0 aliphatic heterocycles. The average molecular weight is 487 g/mol. The van der Waals surface area contributed by atoms with Gasteiger partial charge >= 0.3 is 6.18 Å². The van der Waals surface area contributed by atoms with Gasteiger partial charge in [-0.1, -0.05) is 35.3 Å². The van der Waals surface area contributed by atoms with Crippen molar-refractivity contribution in [2.75, 3.05) is 31.7 Å². The number of sulfonamides is 1. The lowest BCUT2D eigenvalue weighted by Gasteiger charge is -2.15. The number of alkyl halides is 3. The Hall–Kier alpha value is -1.56. The molecule has 0 saturated heterocycles. The van der Waals surface area contributed by atoms with E-state index in [1.807, 2.05) is 0 Å². The standard InChI is InChI=1S/C18H19Cl2F3N2O4S/c19-15-9-13(18(21,22)23)10-16(20)17(15)25-14-3-1-2-12(8-14)11-30(27,28)24-4-6-29-7-5-26/h1-3,8-10,24-26H,4-7,11H2. The van der Waals surface area contributed by atoms with Crippen molar-refractivity contribution in [2.45, 2.75) is 11.9 Å². The Balaban J connectivity index is 2.09. The van der Waals surface area contributed by atoms with Crippen molar-refractivity contribution in [1.82, 2.24) is 4.72 Å². The predicted molar refractivity (Wildman–Crippen MR) is 110 cm³/mol. The van der Waals surface area contributed by atoms with Gasteiger partial charge in [0, 0.05) is 12.2 Å². The quantitative estimate of drug-likeness (QED) is 0.438. The van der Waals surface area contributed by atoms with Gasteiger partial charge in [-0.25, -0.2) is 13.1 Å². The zero-order valence-corrected chi connectivity index (χ0v) is 17.8. The van der Waals surface area contributed by atoms with Crippen LogP contribution in [0.4, 0.5) is 24.5 Å². The number of anilines is 2. The number of nitrogens with one attached hydrogen (secondary N) is 2. The smallest absolute Gasteiger partial charge is 0.394 e. The zero-order valence-electron chi connectivity index (χ0n) is 15.5. The first-order chi connectivity index (χ1) is 14.0. The van der Waals surface area contributed by atoms with Gasteiger partial charge in [0.25, 0.3) is 0 Å². The van der Waals surface area contributed by atoms with Crippen molar-refractivity contribution in [3.05, 3.63) is 57.6 Å². The monoisotopic (exact) mass is 486 g/mol. The van der Waals surface area contributed by atoms with Crippen LogP contribution in [0.2, 0.25) is 10.0 Å². The Bertz CT molecular complexity index is 949. The number of rotatable bonds is 10. The molecule has 12 heteroatoms. The maximum absolute atomic E-state index is 12.8. The van der Waals surface area contributed by atoms with Crippen molar-refractivity contribution in [3.8, 4) is 0 Å². The number of hydrogen-bond donors (Lipinski definition) is 3. The Labute approximate surface area is 182 Å². The fourth-order valence-electron chi connectivity index (χ4n) is 2.45. The summed E-state index contributed by atoms with van der Waals surface area (Å²) in [7, 11) is -3.65. The van der Waals surface area contributed by atoms with Crippen LogP contribution in [0.5, 0.6) is 0 Å². The van der Waals surface area contributed by atoms with Crippen LogP contribution in [0, 0.1) is 0 Å². The van der Waals surface area contributed by atoms with Gasteiger partial charge in [-0.05, 0) is 29.8 Å². The van der Waals surface area contributed by atoms with Crippen LogP contribution in [-0.4, -0.2) is 39.9 Å². The van der Waals surface area contributed by atoms with E-state index >= 15 is 0 Å². The lowest BCUT2D eigenvalue weighted by atomic mass is 10.1. The molecule has 0 heterocycles. The molecule has 0 bridgehead atoms. The number of hydrogen-bond acceptors (Lipinski definition) is 5. The van der Waals surface area contributed by atoms with Crippen LogP contribution in [-0.2, 0) is 26.7 Å². The van der Waals surface area contributed by atoms with Crippen molar-refractivity contribution in [2.24, 2.45) is 0 Å². The molecular formula is C18H19Cl2F3N2O4S. The molecule has 6 nitrogen and oxygen atoms in total. The Kier molecular flexibility index (Phi) is 8.77. The second-order valence-electron chi connectivity index (χ2n) is 6.13. The molecule has 2 aromatic rings. The Morgan fingerprint density at radius 3 is 2.33 bits per heavy atom. The number of benzene rings is 2. The highest BCUT2D eigenvalue weighted by molar-refractivity contribution is 7.88. The first-order valence-electron chi connectivity index (χ1n) is 8.60. The van der Waals surface area contributed by atoms with Crippen LogP contribution in [0.1, 0.15) is 11.1 Å². The predicted octanol–water partition coefficient (Wildman–Crippen LogP) is 4.18. The Morgan fingerprint density at radius 1 is 1.07 bits per heavy atom. The van der Waals surface area contributed by atoms with Crippen LogP contribution in [0.15, 0.2) is 36.4 Å². The minimum Gasteiger partial charge on any atom is -0.394 e. The molecule has 2 aromatic carbocycles. The number of aliphatic hydroxyl groups is 1. The third-order valence-corrected chi connectivity index (χ3v) is 5.68. The maximum Gasteiger partial charge on any atom is 0.416 e. The summed E-state index contributed by atoms with van der Waals surface area (Å²) in [6.45, 7) is 0.132. The summed E-state index contributed by atoms with van der Waals surface area (Å²) in [5, 5.41) is 11.0. The second-order valence-corrected chi connectivity index (χ2v) is 8.75. The first-order valence-corrected chi connectivity index (χ1v) is 11.0. The van der Waals surface area contributed by atoms with E-state index in [4.69, 9.17) is 33.0 Å². The summed E-state index contributed by atoms with van der Waals surface area (Å²) in [5.74, 6) is -0.322. The van der Waals surface area contributed by atoms with E-state index in [9.17, 15) is 21.6 Å². The maximum atomic E-state index is 12.8. The van der Waals surface area contributed by atoms with Crippen molar-refractivity contribution >= 4 is 44.6 Å². The number of halogens is 5. The summed E-state index contributed by atoms with van der Waals surface area (Å²) >= 11 is 11.9. The molecule has 30 heavy (non-hydrogen) atoms. The molecule has 0 radical (unpaired) electrons. The van der Waals surface area contributed by atoms with Crippen LogP contribution >= 0.6 is 23.2 Å².